The molecule has 5 fully saturated rings. The summed E-state index contributed by atoms with van der Waals surface area (Å²) >= 11 is 6.33. The maximum Gasteiger partial charge on any atom is 0.416 e. The highest BCUT2D eigenvalue weighted by Gasteiger charge is 2.55. The van der Waals surface area contributed by atoms with Crippen molar-refractivity contribution in [2.75, 3.05) is 12.0 Å². The lowest BCUT2D eigenvalue weighted by Crippen LogP contribution is -2.51. The first-order valence-corrected chi connectivity index (χ1v) is 14.1. The number of thioether (sulfide) groups is 1. The van der Waals surface area contributed by atoms with Crippen molar-refractivity contribution in [2.45, 2.75) is 44.7 Å². The molecule has 0 unspecified atom stereocenters. The molecule has 0 radical (unpaired) electrons. The van der Waals surface area contributed by atoms with Crippen LogP contribution in [0.2, 0.25) is 0 Å². The van der Waals surface area contributed by atoms with Gasteiger partial charge in [-0.3, -0.25) is 14.5 Å². The Morgan fingerprint density at radius 2 is 1.72 bits per heavy atom. The smallest absolute Gasteiger partial charge is 0.416 e. The van der Waals surface area contributed by atoms with Gasteiger partial charge in [0.1, 0.15) is 0 Å². The minimum atomic E-state index is -4.54. The molecule has 1 saturated heterocycles. The van der Waals surface area contributed by atoms with Gasteiger partial charge in [-0.05, 0) is 98.2 Å². The van der Waals surface area contributed by atoms with Crippen molar-refractivity contribution in [1.29, 1.82) is 0 Å². The van der Waals surface area contributed by atoms with Crippen molar-refractivity contribution in [2.24, 2.45) is 23.2 Å². The molecule has 204 valence electrons. The second-order valence-electron chi connectivity index (χ2n) is 11.1. The van der Waals surface area contributed by atoms with Crippen LogP contribution >= 0.6 is 24.0 Å². The lowest BCUT2D eigenvalue weighted by Gasteiger charge is -2.55. The summed E-state index contributed by atoms with van der Waals surface area (Å²) in [6, 6.07) is 9.54. The number of rotatable bonds is 5. The van der Waals surface area contributed by atoms with Crippen molar-refractivity contribution in [3.63, 3.8) is 0 Å². The van der Waals surface area contributed by atoms with Crippen molar-refractivity contribution in [3.05, 3.63) is 58.5 Å². The summed E-state index contributed by atoms with van der Waals surface area (Å²) in [4.78, 5) is 27.9. The molecule has 0 aromatic heterocycles. The van der Waals surface area contributed by atoms with Crippen molar-refractivity contribution in [3.8, 4) is 11.5 Å². The van der Waals surface area contributed by atoms with E-state index in [0.717, 1.165) is 48.1 Å². The van der Waals surface area contributed by atoms with Gasteiger partial charge in [-0.25, -0.2) is 0 Å². The Morgan fingerprint density at radius 3 is 2.33 bits per heavy atom. The number of carbonyl (C=O) groups is 2. The minimum absolute atomic E-state index is 0.0558. The lowest BCUT2D eigenvalue weighted by atomic mass is 9.49. The first-order valence-electron chi connectivity index (χ1n) is 12.9. The molecule has 10 heteroatoms. The van der Waals surface area contributed by atoms with Gasteiger partial charge in [0.25, 0.3) is 5.91 Å². The topological polar surface area (TPSA) is 55.8 Å². The van der Waals surface area contributed by atoms with Crippen LogP contribution in [-0.4, -0.2) is 23.3 Å². The van der Waals surface area contributed by atoms with E-state index >= 15 is 0 Å². The highest BCUT2D eigenvalue weighted by molar-refractivity contribution is 8.27. The van der Waals surface area contributed by atoms with Crippen LogP contribution in [-0.2, 0) is 15.8 Å². The molecule has 4 saturated carbocycles. The lowest BCUT2D eigenvalue weighted by molar-refractivity contribution is -0.161. The van der Waals surface area contributed by atoms with Crippen LogP contribution in [0.15, 0.2) is 47.4 Å². The standard InChI is InChI=1S/C29H26F3NO4S2/c1-36-23-10-16(5-6-22(23)37-26(35)28-13-17-7-18(14-28)9-19(8-17)15-28)11-24-25(34)33(27(38)39-24)21-4-2-3-20(12-21)29(30,31)32/h2-6,10-12,17-19H,7-9,13-15H2,1H3/b24-11+. The fraction of sp³-hybridized carbons (Fsp3) is 0.414. The Hall–Kier alpha value is -2.85. The molecule has 5 nitrogen and oxygen atoms in total. The molecule has 0 atom stereocenters. The maximum absolute atomic E-state index is 13.4. The van der Waals surface area contributed by atoms with E-state index < -0.39 is 23.1 Å². The van der Waals surface area contributed by atoms with Crippen LogP contribution in [0.3, 0.4) is 0 Å². The molecule has 2 aromatic rings. The normalized spacial score (nSPS) is 28.9. The van der Waals surface area contributed by atoms with Crippen LogP contribution in [0.25, 0.3) is 6.08 Å². The third-order valence-corrected chi connectivity index (χ3v) is 9.69. The Morgan fingerprint density at radius 1 is 1.05 bits per heavy atom. The van der Waals surface area contributed by atoms with Crippen LogP contribution in [0.4, 0.5) is 18.9 Å². The molecular formula is C29H26F3NO4S2. The Labute approximate surface area is 233 Å². The average Bonchev–Trinajstić information content (AvgIpc) is 3.15. The summed E-state index contributed by atoms with van der Waals surface area (Å²) in [5.74, 6) is 1.82. The quantitative estimate of drug-likeness (QED) is 0.163. The van der Waals surface area contributed by atoms with Crippen molar-refractivity contribution >= 4 is 51.9 Å². The van der Waals surface area contributed by atoms with Crippen LogP contribution in [0.5, 0.6) is 11.5 Å². The number of anilines is 1. The molecule has 0 spiro atoms. The number of esters is 1. The van der Waals surface area contributed by atoms with Gasteiger partial charge in [0.15, 0.2) is 15.8 Å². The van der Waals surface area contributed by atoms with E-state index in [1.54, 1.807) is 24.3 Å². The van der Waals surface area contributed by atoms with Crippen LogP contribution in [0, 0.1) is 23.2 Å². The molecule has 4 aliphatic carbocycles. The van der Waals surface area contributed by atoms with Gasteiger partial charge >= 0.3 is 12.1 Å². The van der Waals surface area contributed by atoms with Gasteiger partial charge in [0.2, 0.25) is 0 Å². The SMILES string of the molecule is COc1cc(/C=C2/SC(=S)N(c3cccc(C(F)(F)F)c3)C2=O)ccc1OC(=O)C12CC3CC(CC(C3)C1)C2. The zero-order chi connectivity index (χ0) is 27.5. The summed E-state index contributed by atoms with van der Waals surface area (Å²) in [6.07, 6.45) is 3.42. The summed E-state index contributed by atoms with van der Waals surface area (Å²) in [7, 11) is 1.48. The molecule has 2 aromatic carbocycles. The molecular weight excluding hydrogens is 547 g/mol. The van der Waals surface area contributed by atoms with Gasteiger partial charge in [-0.15, -0.1) is 0 Å². The van der Waals surface area contributed by atoms with Gasteiger partial charge < -0.3 is 9.47 Å². The summed E-state index contributed by atoms with van der Waals surface area (Å²) < 4.78 is 51.1. The number of hydrogen-bond acceptors (Lipinski definition) is 6. The average molecular weight is 574 g/mol. The first kappa shape index (κ1) is 26.4. The number of hydrogen-bond donors (Lipinski definition) is 0. The summed E-state index contributed by atoms with van der Waals surface area (Å²) in [6.45, 7) is 0. The highest BCUT2D eigenvalue weighted by atomic mass is 32.2. The predicted octanol–water partition coefficient (Wildman–Crippen LogP) is 7.24. The number of halogens is 3. The number of amides is 1. The zero-order valence-corrected chi connectivity index (χ0v) is 22.8. The molecule has 39 heavy (non-hydrogen) atoms. The van der Waals surface area contributed by atoms with E-state index in [1.807, 2.05) is 0 Å². The molecule has 4 bridgehead atoms. The Kier molecular flexibility index (Phi) is 6.53. The number of carbonyl (C=O) groups excluding carboxylic acids is 2. The third-order valence-electron chi connectivity index (χ3n) is 8.38. The minimum Gasteiger partial charge on any atom is -0.493 e. The van der Waals surface area contributed by atoms with Gasteiger partial charge in [0.05, 0.1) is 28.7 Å². The maximum atomic E-state index is 13.4. The largest absolute Gasteiger partial charge is 0.493 e. The van der Waals surface area contributed by atoms with E-state index in [1.165, 1.54) is 38.5 Å². The molecule has 1 heterocycles. The highest BCUT2D eigenvalue weighted by Crippen LogP contribution is 2.60. The van der Waals surface area contributed by atoms with E-state index in [-0.39, 0.29) is 20.9 Å². The summed E-state index contributed by atoms with van der Waals surface area (Å²) in [5, 5.41) is 0. The van der Waals surface area contributed by atoms with E-state index in [0.29, 0.717) is 34.8 Å². The number of ether oxygens (including phenoxy) is 2. The number of nitrogens with zero attached hydrogens (tertiary/aromatic N) is 1. The van der Waals surface area contributed by atoms with E-state index in [4.69, 9.17) is 21.7 Å². The second kappa shape index (κ2) is 9.66. The molecule has 1 aliphatic heterocycles. The van der Waals surface area contributed by atoms with Crippen LogP contribution in [0.1, 0.15) is 49.7 Å². The Balaban J connectivity index is 1.21. The predicted molar refractivity (Wildman–Crippen MR) is 146 cm³/mol. The zero-order valence-electron chi connectivity index (χ0n) is 21.1. The number of thiocarbonyl (C=S) groups is 1. The monoisotopic (exact) mass is 573 g/mol. The number of alkyl halides is 3. The first-order chi connectivity index (χ1) is 18.5. The summed E-state index contributed by atoms with van der Waals surface area (Å²) in [5.41, 5.74) is -0.608. The molecule has 0 N–H and O–H groups in total. The third kappa shape index (κ3) is 4.86. The number of methoxy groups -OCH3 is 1. The fourth-order valence-corrected chi connectivity index (χ4v) is 8.39. The van der Waals surface area contributed by atoms with E-state index in [9.17, 15) is 22.8 Å². The molecule has 7 rings (SSSR count). The fourth-order valence-electron chi connectivity index (χ4n) is 7.09. The van der Waals surface area contributed by atoms with Crippen molar-refractivity contribution < 1.29 is 32.2 Å². The second-order valence-corrected chi connectivity index (χ2v) is 12.7. The Bertz CT molecular complexity index is 1370. The van der Waals surface area contributed by atoms with Gasteiger partial charge in [-0.2, -0.15) is 13.2 Å². The van der Waals surface area contributed by atoms with Gasteiger partial charge in [-0.1, -0.05) is 36.1 Å². The molecule has 5 aliphatic rings. The van der Waals surface area contributed by atoms with Crippen molar-refractivity contribution in [1.82, 2.24) is 0 Å². The van der Waals surface area contributed by atoms with E-state index in [2.05, 4.69) is 0 Å². The van der Waals surface area contributed by atoms with Crippen LogP contribution < -0.4 is 14.4 Å². The molecule has 1 amide bonds. The van der Waals surface area contributed by atoms with Gasteiger partial charge in [0, 0.05) is 0 Å². The number of benzene rings is 2.